The van der Waals surface area contributed by atoms with Crippen molar-refractivity contribution in [2.75, 3.05) is 6.54 Å². The molecule has 1 atom stereocenters. The minimum Gasteiger partial charge on any atom is -0.330 e. The zero-order valence-electron chi connectivity index (χ0n) is 12.1. The number of ketones is 1. The first-order valence-corrected chi connectivity index (χ1v) is 6.95. The van der Waals surface area contributed by atoms with Crippen molar-refractivity contribution in [2.45, 2.75) is 40.0 Å². The number of carbonyl (C=O) groups excluding carboxylic acids is 1. The van der Waals surface area contributed by atoms with Gasteiger partial charge in [0.05, 0.1) is 0 Å². The molecule has 0 aromatic heterocycles. The van der Waals surface area contributed by atoms with Crippen LogP contribution in [-0.4, -0.2) is 12.3 Å². The second-order valence-corrected chi connectivity index (χ2v) is 5.51. The summed E-state index contributed by atoms with van der Waals surface area (Å²) < 4.78 is 13.4. The van der Waals surface area contributed by atoms with Crippen LogP contribution < -0.4 is 5.73 Å². The molecule has 106 valence electrons. The number of aryl methyl sites for hydroxylation is 1. The van der Waals surface area contributed by atoms with Gasteiger partial charge in [-0.1, -0.05) is 26.0 Å². The predicted molar refractivity (Wildman–Crippen MR) is 76.7 cm³/mol. The molecule has 3 heteroatoms. The number of halogens is 1. The average Bonchev–Trinajstić information content (AvgIpc) is 2.37. The third kappa shape index (κ3) is 4.75. The molecule has 0 saturated carbocycles. The summed E-state index contributed by atoms with van der Waals surface area (Å²) in [7, 11) is 0. The molecule has 0 spiro atoms. The number of hydrogen-bond acceptors (Lipinski definition) is 2. The van der Waals surface area contributed by atoms with Crippen LogP contribution in [0.25, 0.3) is 0 Å². The highest BCUT2D eigenvalue weighted by atomic mass is 19.1. The Hall–Kier alpha value is -1.22. The minimum absolute atomic E-state index is 0.0153. The zero-order valence-corrected chi connectivity index (χ0v) is 12.1. The van der Waals surface area contributed by atoms with E-state index in [9.17, 15) is 9.18 Å². The van der Waals surface area contributed by atoms with E-state index in [1.54, 1.807) is 19.1 Å². The van der Waals surface area contributed by atoms with Crippen molar-refractivity contribution in [1.82, 2.24) is 0 Å². The van der Waals surface area contributed by atoms with Gasteiger partial charge in [0.1, 0.15) is 5.82 Å². The largest absolute Gasteiger partial charge is 0.330 e. The number of rotatable bonds is 7. The van der Waals surface area contributed by atoms with Crippen LogP contribution in [0, 0.1) is 24.6 Å². The summed E-state index contributed by atoms with van der Waals surface area (Å²) in [5.41, 5.74) is 6.63. The lowest BCUT2D eigenvalue weighted by Crippen LogP contribution is -2.16. The first-order chi connectivity index (χ1) is 8.95. The van der Waals surface area contributed by atoms with E-state index in [0.717, 1.165) is 12.8 Å². The maximum atomic E-state index is 13.4. The van der Waals surface area contributed by atoms with Crippen LogP contribution in [-0.2, 0) is 0 Å². The third-order valence-electron chi connectivity index (χ3n) is 3.72. The normalized spacial score (nSPS) is 12.7. The van der Waals surface area contributed by atoms with Gasteiger partial charge in [-0.3, -0.25) is 4.79 Å². The van der Waals surface area contributed by atoms with Crippen molar-refractivity contribution in [3.05, 3.63) is 35.1 Å². The Morgan fingerprint density at radius 3 is 2.53 bits per heavy atom. The topological polar surface area (TPSA) is 43.1 Å². The van der Waals surface area contributed by atoms with Crippen LogP contribution in [0.5, 0.6) is 0 Å². The maximum Gasteiger partial charge on any atom is 0.162 e. The second kappa shape index (κ2) is 7.39. The van der Waals surface area contributed by atoms with Gasteiger partial charge in [-0.25, -0.2) is 4.39 Å². The number of nitrogens with two attached hydrogens (primary N) is 1. The van der Waals surface area contributed by atoms with Crippen molar-refractivity contribution < 1.29 is 9.18 Å². The summed E-state index contributed by atoms with van der Waals surface area (Å²) in [4.78, 5) is 12.0. The molecule has 1 aromatic carbocycles. The van der Waals surface area contributed by atoms with Crippen LogP contribution in [0.1, 0.15) is 49.0 Å². The molecule has 0 aliphatic rings. The summed E-state index contributed by atoms with van der Waals surface area (Å²) in [5.74, 6) is 0.685. The van der Waals surface area contributed by atoms with Gasteiger partial charge in [0, 0.05) is 12.0 Å². The number of hydrogen-bond donors (Lipinski definition) is 1. The summed E-state index contributed by atoms with van der Waals surface area (Å²) in [6, 6.07) is 4.70. The summed E-state index contributed by atoms with van der Waals surface area (Å²) in [5, 5.41) is 0. The van der Waals surface area contributed by atoms with E-state index < -0.39 is 0 Å². The van der Waals surface area contributed by atoms with Crippen LogP contribution in [0.15, 0.2) is 18.2 Å². The number of Topliss-reactive ketones (excluding diaryl/α,β-unsaturated/α-hetero) is 1. The van der Waals surface area contributed by atoms with E-state index >= 15 is 0 Å². The maximum absolute atomic E-state index is 13.4. The molecule has 0 amide bonds. The molecule has 1 rings (SSSR count). The van der Waals surface area contributed by atoms with E-state index in [1.165, 1.54) is 6.07 Å². The Morgan fingerprint density at radius 1 is 1.32 bits per heavy atom. The number of benzene rings is 1. The predicted octanol–water partition coefficient (Wildman–Crippen LogP) is 3.72. The van der Waals surface area contributed by atoms with E-state index in [1.807, 2.05) is 0 Å². The van der Waals surface area contributed by atoms with Gasteiger partial charge in [-0.15, -0.1) is 0 Å². The Kier molecular flexibility index (Phi) is 6.16. The average molecular weight is 265 g/mol. The molecular weight excluding hydrogens is 241 g/mol. The fourth-order valence-electron chi connectivity index (χ4n) is 2.25. The minimum atomic E-state index is -0.312. The molecule has 0 aliphatic carbocycles. The van der Waals surface area contributed by atoms with Crippen LogP contribution in [0.4, 0.5) is 4.39 Å². The van der Waals surface area contributed by atoms with Crippen LogP contribution >= 0.6 is 0 Å². The lowest BCUT2D eigenvalue weighted by Gasteiger charge is -2.19. The molecule has 0 fully saturated rings. The van der Waals surface area contributed by atoms with Crippen molar-refractivity contribution >= 4 is 5.78 Å². The Morgan fingerprint density at radius 2 is 2.00 bits per heavy atom. The first-order valence-electron chi connectivity index (χ1n) is 6.95. The fraction of sp³-hybridized carbons (Fsp3) is 0.562. The highest BCUT2D eigenvalue weighted by molar-refractivity contribution is 5.96. The quantitative estimate of drug-likeness (QED) is 0.764. The Bertz CT molecular complexity index is 429. The summed E-state index contributed by atoms with van der Waals surface area (Å²) in [6.07, 6.45) is 2.22. The molecule has 19 heavy (non-hydrogen) atoms. The molecule has 1 aromatic rings. The van der Waals surface area contributed by atoms with Gasteiger partial charge in [0.2, 0.25) is 0 Å². The summed E-state index contributed by atoms with van der Waals surface area (Å²) >= 11 is 0. The van der Waals surface area contributed by atoms with Crippen LogP contribution in [0.3, 0.4) is 0 Å². The molecule has 2 N–H and O–H groups in total. The zero-order chi connectivity index (χ0) is 14.4. The smallest absolute Gasteiger partial charge is 0.162 e. The van der Waals surface area contributed by atoms with Gasteiger partial charge in [-0.05, 0) is 49.8 Å². The monoisotopic (exact) mass is 265 g/mol. The Labute approximate surface area is 115 Å². The van der Waals surface area contributed by atoms with Gasteiger partial charge < -0.3 is 5.73 Å². The highest BCUT2D eigenvalue weighted by Crippen LogP contribution is 2.22. The fourth-order valence-corrected chi connectivity index (χ4v) is 2.25. The molecular formula is C16H24FNO. The van der Waals surface area contributed by atoms with Crippen molar-refractivity contribution in [2.24, 2.45) is 17.6 Å². The van der Waals surface area contributed by atoms with Crippen molar-refractivity contribution in [1.29, 1.82) is 0 Å². The van der Waals surface area contributed by atoms with Gasteiger partial charge in [-0.2, -0.15) is 0 Å². The molecule has 0 radical (unpaired) electrons. The number of carbonyl (C=O) groups is 1. The highest BCUT2D eigenvalue weighted by Gasteiger charge is 2.15. The standard InChI is InChI=1S/C16H24FNO/c1-11(2)13(8-9-18)6-7-16(19)14-5-4-12(3)15(17)10-14/h4-5,10-11,13H,6-9,18H2,1-3H3. The van der Waals surface area contributed by atoms with Gasteiger partial charge >= 0.3 is 0 Å². The Balaban J connectivity index is 2.61. The van der Waals surface area contributed by atoms with Crippen molar-refractivity contribution in [3.8, 4) is 0 Å². The van der Waals surface area contributed by atoms with Crippen molar-refractivity contribution in [3.63, 3.8) is 0 Å². The summed E-state index contributed by atoms with van der Waals surface area (Å²) in [6.45, 7) is 6.64. The van der Waals surface area contributed by atoms with E-state index in [0.29, 0.717) is 35.9 Å². The molecule has 0 heterocycles. The van der Waals surface area contributed by atoms with Gasteiger partial charge in [0.15, 0.2) is 5.78 Å². The van der Waals surface area contributed by atoms with Crippen LogP contribution in [0.2, 0.25) is 0 Å². The lowest BCUT2D eigenvalue weighted by atomic mass is 9.87. The van der Waals surface area contributed by atoms with E-state index in [2.05, 4.69) is 13.8 Å². The molecule has 0 aliphatic heterocycles. The molecule has 0 bridgehead atoms. The van der Waals surface area contributed by atoms with E-state index in [4.69, 9.17) is 5.73 Å². The third-order valence-corrected chi connectivity index (χ3v) is 3.72. The molecule has 1 unspecified atom stereocenters. The molecule has 2 nitrogen and oxygen atoms in total. The first kappa shape index (κ1) is 15.8. The van der Waals surface area contributed by atoms with Gasteiger partial charge in [0.25, 0.3) is 0 Å². The van der Waals surface area contributed by atoms with E-state index in [-0.39, 0.29) is 11.6 Å². The second-order valence-electron chi connectivity index (χ2n) is 5.51. The molecule has 0 saturated heterocycles. The SMILES string of the molecule is Cc1ccc(C(=O)CCC(CCN)C(C)C)cc1F. The lowest BCUT2D eigenvalue weighted by molar-refractivity contribution is 0.0968.